The first kappa shape index (κ1) is 6.49. The van der Waals surface area contributed by atoms with Gasteiger partial charge in [-0.05, 0) is 6.42 Å². The summed E-state index contributed by atoms with van der Waals surface area (Å²) >= 11 is 5.64. The van der Waals surface area contributed by atoms with Crippen LogP contribution in [0.4, 0.5) is 0 Å². The molecule has 0 unspecified atom stereocenters. The average molecular weight is 142 g/mol. The minimum absolute atomic E-state index is 0.507. The van der Waals surface area contributed by atoms with Gasteiger partial charge in [-0.25, -0.2) is 9.97 Å². The van der Waals surface area contributed by atoms with Gasteiger partial charge in [0.2, 0.25) is 0 Å². The molecular formula is C6H6ClN2. The third-order valence-corrected chi connectivity index (χ3v) is 1.32. The van der Waals surface area contributed by atoms with Gasteiger partial charge < -0.3 is 0 Å². The highest BCUT2D eigenvalue weighted by atomic mass is 35.5. The predicted molar refractivity (Wildman–Crippen MR) is 36.1 cm³/mol. The third-order valence-electron chi connectivity index (χ3n) is 1.00. The molecule has 1 aromatic rings. The Hall–Kier alpha value is -0.630. The second-order valence-corrected chi connectivity index (χ2v) is 1.92. The van der Waals surface area contributed by atoms with Crippen molar-refractivity contribution in [1.82, 2.24) is 9.97 Å². The molecule has 47 valence electrons. The van der Waals surface area contributed by atoms with Crippen molar-refractivity contribution in [2.75, 3.05) is 0 Å². The van der Waals surface area contributed by atoms with Crippen molar-refractivity contribution < 1.29 is 0 Å². The van der Waals surface area contributed by atoms with Gasteiger partial charge in [-0.1, -0.05) is 18.5 Å². The Morgan fingerprint density at radius 2 is 2.44 bits per heavy atom. The topological polar surface area (TPSA) is 25.8 Å². The maximum absolute atomic E-state index is 5.64. The van der Waals surface area contributed by atoms with Gasteiger partial charge in [0.15, 0.2) is 0 Å². The summed E-state index contributed by atoms with van der Waals surface area (Å²) in [5.74, 6) is 0. The molecule has 0 N–H and O–H groups in total. The fraction of sp³-hybridized carbons (Fsp3) is 0.167. The van der Waals surface area contributed by atoms with Gasteiger partial charge in [0.05, 0.1) is 0 Å². The molecule has 0 aromatic carbocycles. The minimum Gasteiger partial charge on any atom is -0.244 e. The molecule has 3 heteroatoms. The molecule has 9 heavy (non-hydrogen) atoms. The van der Waals surface area contributed by atoms with Gasteiger partial charge in [-0.15, -0.1) is 0 Å². The monoisotopic (exact) mass is 141 g/mol. The summed E-state index contributed by atoms with van der Waals surface area (Å²) in [6, 6.07) is 0. The zero-order valence-corrected chi connectivity index (χ0v) is 5.76. The zero-order chi connectivity index (χ0) is 6.69. The Balaban J connectivity index is 3.01. The fourth-order valence-corrected chi connectivity index (χ4v) is 0.721. The highest BCUT2D eigenvalue weighted by Crippen LogP contribution is 2.10. The maximum Gasteiger partial charge on any atom is 0.135 e. The Kier molecular flexibility index (Phi) is 2.01. The minimum atomic E-state index is 0.507. The quantitative estimate of drug-likeness (QED) is 0.557. The molecule has 1 radical (unpaired) electrons. The smallest absolute Gasteiger partial charge is 0.135 e. The lowest BCUT2D eigenvalue weighted by Gasteiger charge is -1.93. The Morgan fingerprint density at radius 3 is 2.89 bits per heavy atom. The van der Waals surface area contributed by atoms with Crippen LogP contribution in [0.3, 0.4) is 0 Å². The van der Waals surface area contributed by atoms with Crippen LogP contribution in [0.1, 0.15) is 12.5 Å². The molecule has 1 aromatic heterocycles. The predicted octanol–water partition coefficient (Wildman–Crippen LogP) is 1.70. The summed E-state index contributed by atoms with van der Waals surface area (Å²) in [5.41, 5.74) is 0.874. The van der Waals surface area contributed by atoms with Gasteiger partial charge in [0.1, 0.15) is 11.5 Å². The average Bonchev–Trinajstić information content (AvgIpc) is 1.89. The van der Waals surface area contributed by atoms with E-state index in [9.17, 15) is 0 Å². The number of nitrogens with zero attached hydrogens (tertiary/aromatic N) is 2. The molecule has 1 heterocycles. The van der Waals surface area contributed by atoms with Crippen molar-refractivity contribution in [3.63, 3.8) is 0 Å². The van der Waals surface area contributed by atoms with Crippen LogP contribution >= 0.6 is 11.6 Å². The highest BCUT2D eigenvalue weighted by Gasteiger charge is 1.95. The van der Waals surface area contributed by atoms with Crippen molar-refractivity contribution in [2.24, 2.45) is 0 Å². The SMILES string of the molecule is C[CH]c1cncnc1Cl. The largest absolute Gasteiger partial charge is 0.244 e. The van der Waals surface area contributed by atoms with E-state index in [1.54, 1.807) is 6.20 Å². The second kappa shape index (κ2) is 2.78. The molecule has 0 fully saturated rings. The van der Waals surface area contributed by atoms with Crippen LogP contribution in [-0.2, 0) is 0 Å². The van der Waals surface area contributed by atoms with Crippen LogP contribution in [0.2, 0.25) is 5.15 Å². The first-order valence-electron chi connectivity index (χ1n) is 2.59. The van der Waals surface area contributed by atoms with E-state index in [0.29, 0.717) is 5.15 Å². The lowest BCUT2D eigenvalue weighted by Crippen LogP contribution is -1.84. The number of hydrogen-bond acceptors (Lipinski definition) is 2. The van der Waals surface area contributed by atoms with Crippen molar-refractivity contribution in [3.05, 3.63) is 29.7 Å². The highest BCUT2D eigenvalue weighted by molar-refractivity contribution is 6.30. The van der Waals surface area contributed by atoms with Crippen molar-refractivity contribution >= 4 is 11.6 Å². The molecule has 0 aliphatic carbocycles. The van der Waals surface area contributed by atoms with Crippen LogP contribution < -0.4 is 0 Å². The van der Waals surface area contributed by atoms with Gasteiger partial charge >= 0.3 is 0 Å². The van der Waals surface area contributed by atoms with E-state index in [-0.39, 0.29) is 0 Å². The summed E-state index contributed by atoms with van der Waals surface area (Å²) in [6.45, 7) is 1.89. The molecular weight excluding hydrogens is 136 g/mol. The molecule has 0 bridgehead atoms. The number of aromatic nitrogens is 2. The standard InChI is InChI=1S/C6H6ClN2/c1-2-5-3-8-4-9-6(5)7/h2-4H,1H3. The lowest BCUT2D eigenvalue weighted by atomic mass is 10.3. The van der Waals surface area contributed by atoms with Crippen molar-refractivity contribution in [2.45, 2.75) is 6.92 Å². The first-order chi connectivity index (χ1) is 4.34. The van der Waals surface area contributed by atoms with Gasteiger partial charge in [0, 0.05) is 11.8 Å². The summed E-state index contributed by atoms with van der Waals surface area (Å²) in [7, 11) is 0. The molecule has 2 nitrogen and oxygen atoms in total. The normalized spacial score (nSPS) is 9.56. The Labute approximate surface area is 58.9 Å². The van der Waals surface area contributed by atoms with Gasteiger partial charge in [-0.2, -0.15) is 0 Å². The molecule has 1 rings (SSSR count). The van der Waals surface area contributed by atoms with Crippen LogP contribution in [0.25, 0.3) is 0 Å². The van der Waals surface area contributed by atoms with Gasteiger partial charge in [-0.3, -0.25) is 0 Å². The number of rotatable bonds is 1. The summed E-state index contributed by atoms with van der Waals surface area (Å²) < 4.78 is 0. The van der Waals surface area contributed by atoms with E-state index < -0.39 is 0 Å². The van der Waals surface area contributed by atoms with E-state index in [4.69, 9.17) is 11.6 Å². The lowest BCUT2D eigenvalue weighted by molar-refractivity contribution is 1.13. The molecule has 0 atom stereocenters. The summed E-state index contributed by atoms with van der Waals surface area (Å²) in [4.78, 5) is 7.56. The van der Waals surface area contributed by atoms with Crippen LogP contribution in [0.15, 0.2) is 12.5 Å². The molecule has 0 saturated carbocycles. The Morgan fingerprint density at radius 1 is 1.67 bits per heavy atom. The van der Waals surface area contributed by atoms with E-state index in [2.05, 4.69) is 9.97 Å². The van der Waals surface area contributed by atoms with Crippen LogP contribution in [-0.4, -0.2) is 9.97 Å². The van der Waals surface area contributed by atoms with E-state index >= 15 is 0 Å². The van der Waals surface area contributed by atoms with Crippen LogP contribution in [0, 0.1) is 6.42 Å². The van der Waals surface area contributed by atoms with E-state index in [1.807, 2.05) is 13.3 Å². The Bertz CT molecular complexity index is 200. The van der Waals surface area contributed by atoms with E-state index in [0.717, 1.165) is 5.56 Å². The second-order valence-electron chi connectivity index (χ2n) is 1.56. The molecule has 0 spiro atoms. The summed E-state index contributed by atoms with van der Waals surface area (Å²) in [5, 5.41) is 0.507. The van der Waals surface area contributed by atoms with Gasteiger partial charge in [0.25, 0.3) is 0 Å². The molecule has 0 aliphatic rings. The van der Waals surface area contributed by atoms with Crippen molar-refractivity contribution in [1.29, 1.82) is 0 Å². The maximum atomic E-state index is 5.64. The fourth-order valence-electron chi connectivity index (χ4n) is 0.519. The third kappa shape index (κ3) is 1.39. The molecule has 0 amide bonds. The first-order valence-corrected chi connectivity index (χ1v) is 2.97. The number of hydrogen-bond donors (Lipinski definition) is 0. The zero-order valence-electron chi connectivity index (χ0n) is 5.00. The van der Waals surface area contributed by atoms with Crippen molar-refractivity contribution in [3.8, 4) is 0 Å². The number of halogens is 1. The molecule has 0 aliphatic heterocycles. The summed E-state index contributed by atoms with van der Waals surface area (Å²) in [6.07, 6.45) is 4.97. The molecule has 0 saturated heterocycles. The van der Waals surface area contributed by atoms with E-state index in [1.165, 1.54) is 6.33 Å². The van der Waals surface area contributed by atoms with Crippen LogP contribution in [0.5, 0.6) is 0 Å².